The van der Waals surface area contributed by atoms with Crippen LogP contribution in [0, 0.1) is 11.3 Å². The van der Waals surface area contributed by atoms with Gasteiger partial charge in [0.15, 0.2) is 0 Å². The predicted octanol–water partition coefficient (Wildman–Crippen LogP) is -1.26. The van der Waals surface area contributed by atoms with Crippen LogP contribution in [0.15, 0.2) is 0 Å². The molecule has 0 aromatic carbocycles. The van der Waals surface area contributed by atoms with E-state index in [9.17, 15) is 9.90 Å². The quantitative estimate of drug-likeness (QED) is 0.126. The molecule has 0 radical (unpaired) electrons. The van der Waals surface area contributed by atoms with E-state index in [-0.39, 0.29) is 38.5 Å². The Morgan fingerprint density at radius 2 is 2.15 bits per heavy atom. The topological polar surface area (TPSA) is 68.5 Å². The number of carbonyl (C=O) groups is 1. The van der Waals surface area contributed by atoms with E-state index in [0.29, 0.717) is 16.4 Å². The second kappa shape index (κ2) is 4.03. The van der Waals surface area contributed by atoms with Crippen molar-refractivity contribution in [2.24, 2.45) is 11.3 Å². The van der Waals surface area contributed by atoms with Gasteiger partial charge in [0.2, 0.25) is 0 Å². The summed E-state index contributed by atoms with van der Waals surface area (Å²) in [4.78, 5) is 12.6. The van der Waals surface area contributed by atoms with Gasteiger partial charge in [-0.25, -0.2) is 0 Å². The summed E-state index contributed by atoms with van der Waals surface area (Å²) in [6.07, 6.45) is 4.67. The maximum atomic E-state index is 12.6. The van der Waals surface area contributed by atoms with Crippen LogP contribution in [-0.2, 0) is 9.53 Å². The predicted molar refractivity (Wildman–Crippen MR) is 77.8 cm³/mol. The van der Waals surface area contributed by atoms with E-state index < -0.39 is 9.02 Å². The van der Waals surface area contributed by atoms with Crippen molar-refractivity contribution in [3.05, 3.63) is 0 Å². The zero-order chi connectivity index (χ0) is 14.4. The van der Waals surface area contributed by atoms with E-state index >= 15 is 0 Å². The second-order valence-corrected chi connectivity index (χ2v) is 12.5. The minimum atomic E-state index is -0.670. The number of alkyl halides is 2. The number of nitrogens with one attached hydrogen (secondary N) is 1. The molecule has 1 heterocycles. The van der Waals surface area contributed by atoms with E-state index in [1.54, 1.807) is 0 Å². The van der Waals surface area contributed by atoms with Crippen LogP contribution in [0.4, 0.5) is 0 Å². The monoisotopic (exact) mass is 504 g/mol. The number of esters is 1. The standard InChI is InChI=1S/C14H20I2NO3/c1-11(19)5-13-3-8(13)4-14(6-11,7-13)20-10(18)12(2,15)9-16-17-9/h8-9,17,19H,3-7H2,1-2H3/q-1. The molecule has 6 heteroatoms. The van der Waals surface area contributed by atoms with Crippen molar-refractivity contribution in [2.45, 2.75) is 64.6 Å². The normalized spacial score (nSPS) is 55.2. The molecule has 2 N–H and O–H groups in total. The number of aliphatic hydroxyl groups is 1. The molecule has 2 bridgehead atoms. The molecule has 0 aromatic rings. The Hall–Kier alpha value is 0.850. The third kappa shape index (κ3) is 2.15. The van der Waals surface area contributed by atoms with Crippen LogP contribution in [0.2, 0.25) is 0 Å². The molecule has 0 aromatic heterocycles. The number of ether oxygens (including phenoxy) is 1. The van der Waals surface area contributed by atoms with E-state index in [0.717, 1.165) is 19.3 Å². The van der Waals surface area contributed by atoms with Gasteiger partial charge < -0.3 is 0 Å². The van der Waals surface area contributed by atoms with Crippen LogP contribution in [0.3, 0.4) is 0 Å². The first-order chi connectivity index (χ1) is 9.17. The maximum absolute atomic E-state index is 12.6. The average molecular weight is 504 g/mol. The van der Waals surface area contributed by atoms with Crippen LogP contribution in [0.25, 0.3) is 0 Å². The molecule has 0 amide bonds. The van der Waals surface area contributed by atoms with E-state index in [1.165, 1.54) is 6.42 Å². The number of rotatable bonds is 3. The first-order valence-corrected chi connectivity index (χ1v) is 10.6. The van der Waals surface area contributed by atoms with Crippen molar-refractivity contribution in [3.8, 4) is 0 Å². The fourth-order valence-electron chi connectivity index (χ4n) is 4.78. The van der Waals surface area contributed by atoms with Crippen molar-refractivity contribution in [3.63, 3.8) is 0 Å². The first kappa shape index (κ1) is 14.4. The van der Waals surface area contributed by atoms with Gasteiger partial charge >= 0.3 is 144 Å². The Balaban J connectivity index is 1.55. The van der Waals surface area contributed by atoms with Crippen molar-refractivity contribution in [1.82, 2.24) is 3.53 Å². The molecule has 4 aliphatic rings. The average Bonchev–Trinajstić information content (AvgIpc) is 3.14. The van der Waals surface area contributed by atoms with Crippen LogP contribution >= 0.6 is 22.6 Å². The number of carbonyl (C=O) groups excluding carboxylic acids is 1. The van der Waals surface area contributed by atoms with Gasteiger partial charge in [-0.2, -0.15) is 0 Å². The van der Waals surface area contributed by atoms with Crippen molar-refractivity contribution < 1.29 is 36.1 Å². The van der Waals surface area contributed by atoms with E-state index in [4.69, 9.17) is 4.74 Å². The molecule has 6 atom stereocenters. The van der Waals surface area contributed by atoms with Gasteiger partial charge in [-0.1, -0.05) is 0 Å². The molecule has 3 saturated carbocycles. The molecular formula is C14H20I2NO3-. The van der Waals surface area contributed by atoms with E-state index in [1.807, 2.05) is 13.8 Å². The van der Waals surface area contributed by atoms with Gasteiger partial charge in [-0.15, -0.1) is 0 Å². The summed E-state index contributed by atoms with van der Waals surface area (Å²) in [6, 6.07) is 0. The number of hydrogen-bond donors (Lipinski definition) is 2. The Morgan fingerprint density at radius 3 is 2.80 bits per heavy atom. The Kier molecular flexibility index (Phi) is 2.91. The van der Waals surface area contributed by atoms with Gasteiger partial charge in [0.25, 0.3) is 0 Å². The molecule has 4 rings (SSSR count). The van der Waals surface area contributed by atoms with Crippen LogP contribution in [0.1, 0.15) is 46.0 Å². The molecule has 4 fully saturated rings. The molecule has 6 unspecified atom stereocenters. The zero-order valence-electron chi connectivity index (χ0n) is 11.7. The summed E-state index contributed by atoms with van der Waals surface area (Å²) in [5.74, 6) is 0.596. The molecule has 4 nitrogen and oxygen atoms in total. The molecule has 114 valence electrons. The zero-order valence-corrected chi connectivity index (χ0v) is 16.0. The fourth-order valence-corrected chi connectivity index (χ4v) is 8.07. The van der Waals surface area contributed by atoms with Crippen molar-refractivity contribution >= 4 is 28.6 Å². The summed E-state index contributed by atoms with van der Waals surface area (Å²) in [5, 5.41) is 10.5. The molecule has 20 heavy (non-hydrogen) atoms. The summed E-state index contributed by atoms with van der Waals surface area (Å²) >= 11 is 2.23. The van der Waals surface area contributed by atoms with Crippen LogP contribution in [-0.4, -0.2) is 29.7 Å². The number of hydrogen-bond acceptors (Lipinski definition) is 4. The molecule has 1 saturated heterocycles. The van der Waals surface area contributed by atoms with Crippen molar-refractivity contribution in [2.75, 3.05) is 0 Å². The molecule has 3 aliphatic carbocycles. The summed E-state index contributed by atoms with van der Waals surface area (Å²) in [6.45, 7) is 3.89. The van der Waals surface area contributed by atoms with Gasteiger partial charge in [0.1, 0.15) is 0 Å². The molecule has 1 aliphatic heterocycles. The third-order valence-electron chi connectivity index (χ3n) is 5.49. The van der Waals surface area contributed by atoms with E-state index in [2.05, 4.69) is 26.1 Å². The Bertz CT molecular complexity index is 491. The van der Waals surface area contributed by atoms with Crippen molar-refractivity contribution in [1.29, 1.82) is 0 Å². The third-order valence-corrected chi connectivity index (χ3v) is 10.2. The van der Waals surface area contributed by atoms with Crippen LogP contribution in [0.5, 0.6) is 0 Å². The van der Waals surface area contributed by atoms with Gasteiger partial charge in [0.05, 0.1) is 0 Å². The second-order valence-electron chi connectivity index (χ2n) is 7.72. The molecule has 1 spiro atoms. The minimum absolute atomic E-state index is 0.0134. The SMILES string of the molecule is CC1(O)CC2(OC(=O)C(C)(I)C3N[I-]3)CC3CC3(C1)C2. The summed E-state index contributed by atoms with van der Waals surface area (Å²) < 4.78 is 9.26. The Morgan fingerprint density at radius 1 is 1.45 bits per heavy atom. The first-order valence-electron chi connectivity index (χ1n) is 7.19. The summed E-state index contributed by atoms with van der Waals surface area (Å²) in [5.41, 5.74) is -0.772. The fraction of sp³-hybridized carbons (Fsp3) is 0.929. The molecular weight excluding hydrogens is 484 g/mol. The van der Waals surface area contributed by atoms with Gasteiger partial charge in [-0.05, 0) is 0 Å². The van der Waals surface area contributed by atoms with Crippen LogP contribution < -0.4 is 25.0 Å². The Labute approximate surface area is 143 Å². The van der Waals surface area contributed by atoms with Gasteiger partial charge in [0, 0.05) is 0 Å². The summed E-state index contributed by atoms with van der Waals surface area (Å²) in [7, 11) is 0. The number of halogens is 2. The number of fused-ring (bicyclic) bond motifs is 1. The van der Waals surface area contributed by atoms with Gasteiger partial charge in [-0.3, -0.25) is 0 Å².